The van der Waals surface area contributed by atoms with Gasteiger partial charge in [-0.05, 0) is 25.7 Å². The van der Waals surface area contributed by atoms with Crippen molar-refractivity contribution in [3.8, 4) is 0 Å². The van der Waals surface area contributed by atoms with Crippen LogP contribution >= 0.6 is 11.8 Å². The number of hydrogen-bond acceptors (Lipinski definition) is 3. The lowest BCUT2D eigenvalue weighted by Gasteiger charge is -2.25. The smallest absolute Gasteiger partial charge is 0.157 e. The lowest BCUT2D eigenvalue weighted by Crippen LogP contribution is -2.34. The Morgan fingerprint density at radius 3 is 2.79 bits per heavy atom. The Labute approximate surface area is 92.0 Å². The molecule has 0 radical (unpaired) electrons. The number of nitrogens with zero attached hydrogens (tertiary/aromatic N) is 1. The first-order valence-corrected chi connectivity index (χ1v) is 6.59. The molecular formula is C11H22N2S. The van der Waals surface area contributed by atoms with Crippen molar-refractivity contribution < 1.29 is 0 Å². The van der Waals surface area contributed by atoms with E-state index < -0.39 is 0 Å². The van der Waals surface area contributed by atoms with Crippen molar-refractivity contribution >= 4 is 16.9 Å². The van der Waals surface area contributed by atoms with Crippen LogP contribution in [0.15, 0.2) is 4.99 Å². The summed E-state index contributed by atoms with van der Waals surface area (Å²) in [5.41, 5.74) is 0. The summed E-state index contributed by atoms with van der Waals surface area (Å²) in [6, 6.07) is 1.08. The van der Waals surface area contributed by atoms with Gasteiger partial charge in [-0.2, -0.15) is 0 Å². The molecule has 2 nitrogen and oxygen atoms in total. The monoisotopic (exact) mass is 214 g/mol. The second-order valence-electron chi connectivity index (χ2n) is 4.34. The minimum Gasteiger partial charge on any atom is -0.362 e. The van der Waals surface area contributed by atoms with E-state index >= 15 is 0 Å². The molecule has 2 unspecified atom stereocenters. The van der Waals surface area contributed by atoms with E-state index in [1.807, 2.05) is 11.8 Å². The fourth-order valence-corrected chi connectivity index (χ4v) is 2.45. The molecule has 0 fully saturated rings. The number of thioether (sulfide) groups is 1. The van der Waals surface area contributed by atoms with Crippen LogP contribution in [0.2, 0.25) is 0 Å². The van der Waals surface area contributed by atoms with Crippen molar-refractivity contribution in [1.29, 1.82) is 0 Å². The molecule has 1 aliphatic rings. The van der Waals surface area contributed by atoms with Gasteiger partial charge < -0.3 is 5.32 Å². The zero-order chi connectivity index (χ0) is 10.6. The topological polar surface area (TPSA) is 24.4 Å². The molecule has 82 valence electrons. The van der Waals surface area contributed by atoms with Gasteiger partial charge in [0, 0.05) is 11.8 Å². The molecule has 0 aliphatic carbocycles. The van der Waals surface area contributed by atoms with Crippen LogP contribution in [-0.4, -0.2) is 23.0 Å². The highest BCUT2D eigenvalue weighted by Gasteiger charge is 2.18. The van der Waals surface area contributed by atoms with E-state index in [9.17, 15) is 0 Å². The summed E-state index contributed by atoms with van der Waals surface area (Å²) in [5, 5.41) is 4.62. The van der Waals surface area contributed by atoms with Gasteiger partial charge in [0.05, 0.1) is 6.04 Å². The average Bonchev–Trinajstić information content (AvgIpc) is 2.18. The lowest BCUT2D eigenvalue weighted by molar-refractivity contribution is 0.481. The highest BCUT2D eigenvalue weighted by atomic mass is 32.2. The fraction of sp³-hybridized carbons (Fsp3) is 0.909. The number of nitrogens with one attached hydrogen (secondary N) is 1. The van der Waals surface area contributed by atoms with Gasteiger partial charge in [-0.3, -0.25) is 4.99 Å². The molecule has 1 N–H and O–H groups in total. The summed E-state index contributed by atoms with van der Waals surface area (Å²) in [6.07, 6.45) is 2.39. The summed E-state index contributed by atoms with van der Waals surface area (Å²) in [4.78, 5) is 4.74. The van der Waals surface area contributed by atoms with E-state index in [2.05, 4.69) is 33.0 Å². The molecule has 0 saturated heterocycles. The second kappa shape index (κ2) is 5.64. The third-order valence-corrected chi connectivity index (χ3v) is 3.62. The highest BCUT2D eigenvalue weighted by molar-refractivity contribution is 8.13. The molecule has 0 aromatic rings. The third-order valence-electron chi connectivity index (χ3n) is 2.69. The molecule has 0 saturated carbocycles. The van der Waals surface area contributed by atoms with Crippen LogP contribution in [0.1, 0.15) is 40.5 Å². The van der Waals surface area contributed by atoms with E-state index in [1.54, 1.807) is 0 Å². The third kappa shape index (κ3) is 3.52. The number of hydrogen-bond donors (Lipinski definition) is 1. The summed E-state index contributed by atoms with van der Waals surface area (Å²) in [6.45, 7) is 8.92. The Morgan fingerprint density at radius 2 is 2.21 bits per heavy atom. The summed E-state index contributed by atoms with van der Waals surface area (Å²) < 4.78 is 0. The van der Waals surface area contributed by atoms with Crippen LogP contribution in [0, 0.1) is 5.92 Å². The van der Waals surface area contributed by atoms with Gasteiger partial charge in [0.2, 0.25) is 0 Å². The molecule has 0 amide bonds. The molecule has 0 aromatic heterocycles. The van der Waals surface area contributed by atoms with Gasteiger partial charge >= 0.3 is 0 Å². The highest BCUT2D eigenvalue weighted by Crippen LogP contribution is 2.21. The minimum absolute atomic E-state index is 0.530. The van der Waals surface area contributed by atoms with E-state index in [4.69, 9.17) is 4.99 Å². The Balaban J connectivity index is 2.51. The van der Waals surface area contributed by atoms with Crippen molar-refractivity contribution in [2.24, 2.45) is 10.9 Å². The Bertz CT molecular complexity index is 201. The van der Waals surface area contributed by atoms with Gasteiger partial charge in [0.25, 0.3) is 0 Å². The van der Waals surface area contributed by atoms with Gasteiger partial charge in [-0.1, -0.05) is 32.5 Å². The standard InChI is InChI=1S/C11H22N2S/c1-5-9(4)12-11-13-10(8(2)3)6-7-14-11/h8-10H,5-7H2,1-4H3,(H,12,13). The maximum Gasteiger partial charge on any atom is 0.157 e. The Morgan fingerprint density at radius 1 is 1.50 bits per heavy atom. The number of amidine groups is 1. The first-order valence-electron chi connectivity index (χ1n) is 5.60. The van der Waals surface area contributed by atoms with Gasteiger partial charge in [-0.15, -0.1) is 0 Å². The predicted molar refractivity (Wildman–Crippen MR) is 66.0 cm³/mol. The summed E-state index contributed by atoms with van der Waals surface area (Å²) in [7, 11) is 0. The molecular weight excluding hydrogens is 192 g/mol. The van der Waals surface area contributed by atoms with Gasteiger partial charge in [-0.25, -0.2) is 0 Å². The Hall–Kier alpha value is -0.180. The van der Waals surface area contributed by atoms with Crippen LogP contribution < -0.4 is 5.32 Å². The number of aliphatic imine (C=N–C) groups is 1. The molecule has 0 aromatic carbocycles. The number of rotatable bonds is 3. The Kier molecular flexibility index (Phi) is 4.79. The van der Waals surface area contributed by atoms with E-state index in [0.717, 1.165) is 11.6 Å². The van der Waals surface area contributed by atoms with Crippen molar-refractivity contribution in [3.63, 3.8) is 0 Å². The van der Waals surface area contributed by atoms with Crippen LogP contribution in [0.25, 0.3) is 0 Å². The maximum absolute atomic E-state index is 4.74. The van der Waals surface area contributed by atoms with Crippen molar-refractivity contribution in [2.75, 3.05) is 5.75 Å². The maximum atomic E-state index is 4.74. The first-order chi connectivity index (χ1) is 6.63. The summed E-state index contributed by atoms with van der Waals surface area (Å²) in [5.74, 6) is 1.88. The molecule has 2 atom stereocenters. The molecule has 3 heteroatoms. The summed E-state index contributed by atoms with van der Waals surface area (Å²) >= 11 is 1.87. The van der Waals surface area contributed by atoms with Crippen LogP contribution in [0.3, 0.4) is 0 Å². The zero-order valence-corrected chi connectivity index (χ0v) is 10.5. The van der Waals surface area contributed by atoms with E-state index in [0.29, 0.717) is 18.0 Å². The largest absolute Gasteiger partial charge is 0.362 e. The fourth-order valence-electron chi connectivity index (χ4n) is 1.40. The van der Waals surface area contributed by atoms with Crippen molar-refractivity contribution in [2.45, 2.75) is 52.6 Å². The van der Waals surface area contributed by atoms with Gasteiger partial charge in [0.1, 0.15) is 0 Å². The van der Waals surface area contributed by atoms with Crippen LogP contribution in [-0.2, 0) is 0 Å². The van der Waals surface area contributed by atoms with Crippen LogP contribution in [0.4, 0.5) is 0 Å². The second-order valence-corrected chi connectivity index (χ2v) is 5.42. The molecule has 1 heterocycles. The predicted octanol–water partition coefficient (Wildman–Crippen LogP) is 2.89. The van der Waals surface area contributed by atoms with E-state index in [1.165, 1.54) is 12.2 Å². The average molecular weight is 214 g/mol. The van der Waals surface area contributed by atoms with Crippen LogP contribution in [0.5, 0.6) is 0 Å². The lowest BCUT2D eigenvalue weighted by atomic mass is 10.0. The first kappa shape index (κ1) is 11.9. The normalized spacial score (nSPS) is 24.6. The SMILES string of the molecule is CCC(C)NC1=NC(C(C)C)CCS1. The van der Waals surface area contributed by atoms with Gasteiger partial charge in [0.15, 0.2) is 5.17 Å². The van der Waals surface area contributed by atoms with Crippen molar-refractivity contribution in [1.82, 2.24) is 5.32 Å². The zero-order valence-electron chi connectivity index (χ0n) is 9.71. The van der Waals surface area contributed by atoms with E-state index in [-0.39, 0.29) is 0 Å². The molecule has 14 heavy (non-hydrogen) atoms. The molecule has 0 spiro atoms. The molecule has 0 bridgehead atoms. The molecule has 1 aliphatic heterocycles. The molecule has 1 rings (SSSR count). The van der Waals surface area contributed by atoms with Crippen molar-refractivity contribution in [3.05, 3.63) is 0 Å². The minimum atomic E-state index is 0.530. The quantitative estimate of drug-likeness (QED) is 0.781.